The van der Waals surface area contributed by atoms with Crippen LogP contribution in [0.25, 0.3) is 11.4 Å². The zero-order valence-electron chi connectivity index (χ0n) is 12.5. The van der Waals surface area contributed by atoms with Crippen LogP contribution in [0.15, 0.2) is 36.7 Å². The molecule has 24 heavy (non-hydrogen) atoms. The Morgan fingerprint density at radius 3 is 2.75 bits per heavy atom. The number of benzene rings is 1. The van der Waals surface area contributed by atoms with Crippen molar-refractivity contribution in [3.05, 3.63) is 42.2 Å². The van der Waals surface area contributed by atoms with Gasteiger partial charge in [0, 0.05) is 18.0 Å². The van der Waals surface area contributed by atoms with Gasteiger partial charge < -0.3 is 19.1 Å². The summed E-state index contributed by atoms with van der Waals surface area (Å²) in [6.45, 7) is 0.508. The largest absolute Gasteiger partial charge is 0.416 e. The van der Waals surface area contributed by atoms with Gasteiger partial charge in [0.05, 0.1) is 24.8 Å². The molecule has 1 N–H and O–H groups in total. The molecule has 0 bridgehead atoms. The quantitative estimate of drug-likeness (QED) is 0.911. The van der Waals surface area contributed by atoms with Crippen molar-refractivity contribution in [3.63, 3.8) is 0 Å². The zero-order valence-corrected chi connectivity index (χ0v) is 12.5. The zero-order chi connectivity index (χ0) is 16.9. The van der Waals surface area contributed by atoms with E-state index in [-0.39, 0.29) is 18.8 Å². The highest BCUT2D eigenvalue weighted by atomic mass is 19.4. The second-order valence-corrected chi connectivity index (χ2v) is 5.97. The fourth-order valence-corrected chi connectivity index (χ4v) is 3.34. The predicted molar refractivity (Wildman–Crippen MR) is 77.2 cm³/mol. The smallest absolute Gasteiger partial charge is 0.388 e. The maximum atomic E-state index is 12.9. The third-order valence-corrected chi connectivity index (χ3v) is 4.48. The fourth-order valence-electron chi connectivity index (χ4n) is 3.34. The Kier molecular flexibility index (Phi) is 3.63. The maximum Gasteiger partial charge on any atom is 0.416 e. The summed E-state index contributed by atoms with van der Waals surface area (Å²) < 4.78 is 51.7. The molecule has 0 amide bonds. The minimum atomic E-state index is -4.41. The van der Waals surface area contributed by atoms with Crippen molar-refractivity contribution in [2.24, 2.45) is 0 Å². The van der Waals surface area contributed by atoms with Crippen LogP contribution in [-0.2, 0) is 15.7 Å². The first kappa shape index (κ1) is 15.6. The topological polar surface area (TPSA) is 56.5 Å². The summed E-state index contributed by atoms with van der Waals surface area (Å²) in [7, 11) is 0. The maximum absolute atomic E-state index is 12.9. The van der Waals surface area contributed by atoms with E-state index in [0.717, 1.165) is 12.1 Å². The van der Waals surface area contributed by atoms with Crippen molar-refractivity contribution < 1.29 is 27.8 Å². The Labute approximate surface area is 135 Å². The van der Waals surface area contributed by atoms with E-state index < -0.39 is 23.9 Å². The van der Waals surface area contributed by atoms with Crippen LogP contribution in [0.2, 0.25) is 0 Å². The normalized spacial score (nSPS) is 29.8. The van der Waals surface area contributed by atoms with Crippen molar-refractivity contribution in [2.75, 3.05) is 13.2 Å². The fraction of sp³-hybridized carbons (Fsp3) is 0.438. The van der Waals surface area contributed by atoms with Gasteiger partial charge in [-0.05, 0) is 12.1 Å². The molecule has 2 aliphatic heterocycles. The van der Waals surface area contributed by atoms with Crippen LogP contribution in [0.4, 0.5) is 13.2 Å². The molecule has 1 aromatic carbocycles. The number of aliphatic hydroxyl groups excluding tert-OH is 1. The van der Waals surface area contributed by atoms with Gasteiger partial charge >= 0.3 is 6.18 Å². The molecule has 2 fully saturated rings. The van der Waals surface area contributed by atoms with E-state index in [4.69, 9.17) is 9.47 Å². The lowest BCUT2D eigenvalue weighted by Crippen LogP contribution is -2.30. The summed E-state index contributed by atoms with van der Waals surface area (Å²) in [5.41, 5.74) is -0.348. The number of rotatable bonds is 2. The summed E-state index contributed by atoms with van der Waals surface area (Å²) in [6, 6.07) is 4.82. The third-order valence-electron chi connectivity index (χ3n) is 4.48. The molecule has 0 aliphatic carbocycles. The summed E-state index contributed by atoms with van der Waals surface area (Å²) in [4.78, 5) is 4.21. The minimum Gasteiger partial charge on any atom is -0.388 e. The number of aliphatic hydroxyl groups is 1. The van der Waals surface area contributed by atoms with Crippen LogP contribution < -0.4 is 0 Å². The summed E-state index contributed by atoms with van der Waals surface area (Å²) in [5.74, 6) is 0.417. The molecule has 2 saturated heterocycles. The summed E-state index contributed by atoms with van der Waals surface area (Å²) in [5, 5.41) is 9.83. The number of hydrogen-bond donors (Lipinski definition) is 1. The SMILES string of the molecule is O[C@@H]1CO[C@H]2[C@@H]1OC[C@H]2n1ccnc1-c1cccc(C(F)(F)F)c1. The monoisotopic (exact) mass is 340 g/mol. The van der Waals surface area contributed by atoms with E-state index in [2.05, 4.69) is 4.98 Å². The number of hydrogen-bond acceptors (Lipinski definition) is 4. The van der Waals surface area contributed by atoms with Crippen molar-refractivity contribution >= 4 is 0 Å². The van der Waals surface area contributed by atoms with Crippen LogP contribution >= 0.6 is 0 Å². The van der Waals surface area contributed by atoms with Gasteiger partial charge in [-0.1, -0.05) is 12.1 Å². The Bertz CT molecular complexity index is 746. The van der Waals surface area contributed by atoms with Gasteiger partial charge in [-0.2, -0.15) is 13.2 Å². The van der Waals surface area contributed by atoms with E-state index in [0.29, 0.717) is 18.0 Å². The first-order valence-corrected chi connectivity index (χ1v) is 7.57. The Morgan fingerprint density at radius 2 is 1.96 bits per heavy atom. The molecular formula is C16H15F3N2O3. The number of fused-ring (bicyclic) bond motifs is 1. The van der Waals surface area contributed by atoms with Gasteiger partial charge in [0.1, 0.15) is 24.1 Å². The Balaban J connectivity index is 1.69. The van der Waals surface area contributed by atoms with Crippen molar-refractivity contribution in [1.29, 1.82) is 0 Å². The standard InChI is InChI=1S/C16H15F3N2O3/c17-16(18,19)10-3-1-2-9(6-10)15-20-4-5-21(15)11-7-23-14-12(22)8-24-13(11)14/h1-6,11-14,22H,7-8H2/t11-,12-,13-,14-/m1/s1. The lowest BCUT2D eigenvalue weighted by molar-refractivity contribution is -0.137. The number of nitrogens with zero attached hydrogens (tertiary/aromatic N) is 2. The molecule has 3 heterocycles. The minimum absolute atomic E-state index is 0.194. The van der Waals surface area contributed by atoms with Crippen LogP contribution in [-0.4, -0.2) is 46.2 Å². The van der Waals surface area contributed by atoms with Gasteiger partial charge in [0.25, 0.3) is 0 Å². The second kappa shape index (κ2) is 5.58. The van der Waals surface area contributed by atoms with Gasteiger partial charge in [-0.15, -0.1) is 0 Å². The Morgan fingerprint density at radius 1 is 1.17 bits per heavy atom. The van der Waals surface area contributed by atoms with Gasteiger partial charge in [-0.3, -0.25) is 0 Å². The highest BCUT2D eigenvalue weighted by molar-refractivity contribution is 5.57. The molecule has 0 radical (unpaired) electrons. The lowest BCUT2D eigenvalue weighted by Gasteiger charge is -2.20. The van der Waals surface area contributed by atoms with Crippen LogP contribution in [0.5, 0.6) is 0 Å². The van der Waals surface area contributed by atoms with Gasteiger partial charge in [0.2, 0.25) is 0 Å². The predicted octanol–water partition coefficient (Wildman–Crippen LogP) is 2.27. The average molecular weight is 340 g/mol. The third kappa shape index (κ3) is 2.51. The van der Waals surface area contributed by atoms with Crippen LogP contribution in [0, 0.1) is 0 Å². The number of ether oxygens (including phenoxy) is 2. The number of halogens is 3. The highest BCUT2D eigenvalue weighted by Gasteiger charge is 2.48. The molecular weight excluding hydrogens is 325 g/mol. The van der Waals surface area contributed by atoms with Gasteiger partial charge in [-0.25, -0.2) is 4.98 Å². The number of imidazole rings is 1. The van der Waals surface area contributed by atoms with E-state index in [1.54, 1.807) is 16.8 Å². The molecule has 1 aromatic heterocycles. The summed E-state index contributed by atoms with van der Waals surface area (Å²) >= 11 is 0. The van der Waals surface area contributed by atoms with E-state index in [1.807, 2.05) is 0 Å². The molecule has 0 spiro atoms. The molecule has 0 saturated carbocycles. The van der Waals surface area contributed by atoms with Crippen molar-refractivity contribution in [1.82, 2.24) is 9.55 Å². The molecule has 4 rings (SSSR count). The first-order valence-electron chi connectivity index (χ1n) is 7.57. The van der Waals surface area contributed by atoms with E-state index in [9.17, 15) is 18.3 Å². The highest BCUT2D eigenvalue weighted by Crippen LogP contribution is 2.37. The van der Waals surface area contributed by atoms with E-state index in [1.165, 1.54) is 12.3 Å². The average Bonchev–Trinajstić information content (AvgIpc) is 3.24. The molecule has 128 valence electrons. The molecule has 2 aromatic rings. The van der Waals surface area contributed by atoms with Crippen molar-refractivity contribution in [3.8, 4) is 11.4 Å². The molecule has 0 unspecified atom stereocenters. The van der Waals surface area contributed by atoms with Gasteiger partial charge in [0.15, 0.2) is 0 Å². The second-order valence-electron chi connectivity index (χ2n) is 5.97. The molecule has 5 nitrogen and oxygen atoms in total. The van der Waals surface area contributed by atoms with Crippen LogP contribution in [0.1, 0.15) is 11.6 Å². The molecule has 8 heteroatoms. The molecule has 4 atom stereocenters. The summed E-state index contributed by atoms with van der Waals surface area (Å²) in [6.07, 6.45) is -2.60. The first-order chi connectivity index (χ1) is 11.4. The number of alkyl halides is 3. The van der Waals surface area contributed by atoms with Crippen molar-refractivity contribution in [2.45, 2.75) is 30.5 Å². The lowest BCUT2D eigenvalue weighted by atomic mass is 10.1. The number of aromatic nitrogens is 2. The van der Waals surface area contributed by atoms with Crippen LogP contribution in [0.3, 0.4) is 0 Å². The molecule has 2 aliphatic rings. The van der Waals surface area contributed by atoms with E-state index >= 15 is 0 Å². The Hall–Kier alpha value is -1.90.